The van der Waals surface area contributed by atoms with Gasteiger partial charge in [0, 0.05) is 6.04 Å². The molecule has 0 saturated carbocycles. The topological polar surface area (TPSA) is 35.2 Å². The van der Waals surface area contributed by atoms with Crippen molar-refractivity contribution in [3.63, 3.8) is 0 Å². The first-order valence-electron chi connectivity index (χ1n) is 4.92. The number of aryl methyl sites for hydroxylation is 1. The van der Waals surface area contributed by atoms with Crippen molar-refractivity contribution in [3.8, 4) is 5.75 Å². The van der Waals surface area contributed by atoms with Crippen LogP contribution in [0.2, 0.25) is 10.0 Å². The summed E-state index contributed by atoms with van der Waals surface area (Å²) in [5.74, 6) is 0.561. The second-order valence-electron chi connectivity index (χ2n) is 3.85. The lowest BCUT2D eigenvalue weighted by Gasteiger charge is -2.24. The lowest BCUT2D eigenvalue weighted by Crippen LogP contribution is -2.28. The van der Waals surface area contributed by atoms with E-state index in [1.807, 2.05) is 6.07 Å². The van der Waals surface area contributed by atoms with Crippen LogP contribution in [0.25, 0.3) is 0 Å². The summed E-state index contributed by atoms with van der Waals surface area (Å²) in [6.45, 7) is 0. The predicted molar refractivity (Wildman–Crippen MR) is 63.0 cm³/mol. The summed E-state index contributed by atoms with van der Waals surface area (Å²) < 4.78 is 5.17. The van der Waals surface area contributed by atoms with Crippen LogP contribution in [-0.2, 0) is 12.8 Å². The van der Waals surface area contributed by atoms with Gasteiger partial charge in [0.15, 0.2) is 5.75 Å². The fraction of sp³-hybridized carbons (Fsp3) is 0.455. The molecule has 0 aromatic heterocycles. The molecule has 0 saturated heterocycles. The number of benzene rings is 1. The molecule has 1 aliphatic rings. The molecule has 0 fully saturated rings. The number of rotatable bonds is 1. The summed E-state index contributed by atoms with van der Waals surface area (Å²) in [5.41, 5.74) is 8.21. The normalized spacial score (nSPS) is 19.9. The third kappa shape index (κ3) is 1.94. The average Bonchev–Trinajstić information content (AvgIpc) is 2.20. The van der Waals surface area contributed by atoms with Crippen molar-refractivity contribution in [2.24, 2.45) is 5.73 Å². The van der Waals surface area contributed by atoms with E-state index in [1.54, 1.807) is 7.11 Å². The van der Waals surface area contributed by atoms with Crippen molar-refractivity contribution >= 4 is 23.2 Å². The van der Waals surface area contributed by atoms with E-state index < -0.39 is 0 Å². The van der Waals surface area contributed by atoms with E-state index in [0.29, 0.717) is 15.8 Å². The third-order valence-electron chi connectivity index (χ3n) is 2.82. The molecule has 1 aromatic carbocycles. The van der Waals surface area contributed by atoms with Crippen LogP contribution in [0.3, 0.4) is 0 Å². The van der Waals surface area contributed by atoms with Crippen LogP contribution < -0.4 is 10.5 Å². The Morgan fingerprint density at radius 2 is 2.20 bits per heavy atom. The van der Waals surface area contributed by atoms with Crippen LogP contribution in [0.1, 0.15) is 17.5 Å². The van der Waals surface area contributed by atoms with Gasteiger partial charge in [-0.2, -0.15) is 0 Å². The Bertz CT molecular complexity index is 393. The van der Waals surface area contributed by atoms with Gasteiger partial charge in [0.2, 0.25) is 0 Å². The molecule has 1 unspecified atom stereocenters. The van der Waals surface area contributed by atoms with Crippen molar-refractivity contribution in [2.45, 2.75) is 25.3 Å². The second kappa shape index (κ2) is 4.20. The Labute approximate surface area is 99.3 Å². The van der Waals surface area contributed by atoms with E-state index in [1.165, 1.54) is 5.56 Å². The van der Waals surface area contributed by atoms with Gasteiger partial charge in [-0.05, 0) is 36.5 Å². The molecular formula is C11H13Cl2NO. The zero-order valence-corrected chi connectivity index (χ0v) is 10.0. The van der Waals surface area contributed by atoms with Crippen molar-refractivity contribution < 1.29 is 4.74 Å². The molecular weight excluding hydrogens is 233 g/mol. The standard InChI is InChI=1S/C11H13Cl2NO/c1-15-11-9(12)4-6-2-3-7(14)5-8(6)10(11)13/h4,7H,2-3,5,14H2,1H3. The van der Waals surface area contributed by atoms with Crippen LogP contribution in [0, 0.1) is 0 Å². The van der Waals surface area contributed by atoms with Crippen molar-refractivity contribution in [1.82, 2.24) is 0 Å². The molecule has 0 heterocycles. The molecule has 1 aliphatic carbocycles. The number of hydrogen-bond acceptors (Lipinski definition) is 2. The maximum Gasteiger partial charge on any atom is 0.156 e. The lowest BCUT2D eigenvalue weighted by atomic mass is 9.88. The van der Waals surface area contributed by atoms with E-state index >= 15 is 0 Å². The summed E-state index contributed by atoms with van der Waals surface area (Å²) in [6, 6.07) is 2.13. The number of halogens is 2. The van der Waals surface area contributed by atoms with E-state index in [2.05, 4.69) is 0 Å². The highest BCUT2D eigenvalue weighted by molar-refractivity contribution is 6.37. The molecule has 0 radical (unpaired) electrons. The maximum atomic E-state index is 6.23. The lowest BCUT2D eigenvalue weighted by molar-refractivity contribution is 0.413. The Balaban J connectivity index is 2.54. The molecule has 2 rings (SSSR count). The SMILES string of the molecule is COc1c(Cl)cc2c(c1Cl)CC(N)CC2. The fourth-order valence-electron chi connectivity index (χ4n) is 2.02. The van der Waals surface area contributed by atoms with Crippen LogP contribution >= 0.6 is 23.2 Å². The second-order valence-corrected chi connectivity index (χ2v) is 4.63. The first-order chi connectivity index (χ1) is 7.13. The smallest absolute Gasteiger partial charge is 0.156 e. The van der Waals surface area contributed by atoms with E-state index in [-0.39, 0.29) is 6.04 Å². The molecule has 1 aromatic rings. The molecule has 0 aliphatic heterocycles. The Hall–Kier alpha value is -0.440. The number of nitrogens with two attached hydrogens (primary N) is 1. The Morgan fingerprint density at radius 3 is 2.87 bits per heavy atom. The number of methoxy groups -OCH3 is 1. The largest absolute Gasteiger partial charge is 0.494 e. The molecule has 2 N–H and O–H groups in total. The van der Waals surface area contributed by atoms with Gasteiger partial charge in [-0.3, -0.25) is 0 Å². The number of ether oxygens (including phenoxy) is 1. The molecule has 0 spiro atoms. The summed E-state index contributed by atoms with van der Waals surface area (Å²) in [7, 11) is 1.57. The number of fused-ring (bicyclic) bond motifs is 1. The molecule has 0 bridgehead atoms. The molecule has 1 atom stereocenters. The van der Waals surface area contributed by atoms with Crippen LogP contribution in [0.5, 0.6) is 5.75 Å². The maximum absolute atomic E-state index is 6.23. The highest BCUT2D eigenvalue weighted by Crippen LogP contribution is 2.40. The molecule has 2 nitrogen and oxygen atoms in total. The van der Waals surface area contributed by atoms with Gasteiger partial charge >= 0.3 is 0 Å². The van der Waals surface area contributed by atoms with Crippen LogP contribution in [-0.4, -0.2) is 13.2 Å². The quantitative estimate of drug-likeness (QED) is 0.826. The minimum absolute atomic E-state index is 0.195. The fourth-order valence-corrected chi connectivity index (χ4v) is 2.75. The molecule has 0 amide bonds. The van der Waals surface area contributed by atoms with Crippen molar-refractivity contribution in [3.05, 3.63) is 27.2 Å². The van der Waals surface area contributed by atoms with Crippen LogP contribution in [0.15, 0.2) is 6.07 Å². The first kappa shape index (κ1) is 11.1. The van der Waals surface area contributed by atoms with Gasteiger partial charge < -0.3 is 10.5 Å². The molecule has 15 heavy (non-hydrogen) atoms. The Morgan fingerprint density at radius 1 is 1.47 bits per heavy atom. The average molecular weight is 246 g/mol. The zero-order valence-electron chi connectivity index (χ0n) is 8.52. The van der Waals surface area contributed by atoms with Gasteiger partial charge in [-0.15, -0.1) is 0 Å². The van der Waals surface area contributed by atoms with Crippen molar-refractivity contribution in [2.75, 3.05) is 7.11 Å². The highest BCUT2D eigenvalue weighted by atomic mass is 35.5. The summed E-state index contributed by atoms with van der Waals surface area (Å²) in [4.78, 5) is 0. The minimum Gasteiger partial charge on any atom is -0.494 e. The van der Waals surface area contributed by atoms with E-state index in [9.17, 15) is 0 Å². The monoisotopic (exact) mass is 245 g/mol. The highest BCUT2D eigenvalue weighted by Gasteiger charge is 2.22. The number of hydrogen-bond donors (Lipinski definition) is 1. The van der Waals surface area contributed by atoms with Gasteiger partial charge in [0.05, 0.1) is 17.2 Å². The van der Waals surface area contributed by atoms with Gasteiger partial charge in [0.25, 0.3) is 0 Å². The predicted octanol–water partition coefficient (Wildman–Crippen LogP) is 2.82. The Kier molecular flexibility index (Phi) is 3.10. The minimum atomic E-state index is 0.195. The summed E-state index contributed by atoms with van der Waals surface area (Å²) >= 11 is 12.3. The third-order valence-corrected chi connectivity index (χ3v) is 3.51. The van der Waals surface area contributed by atoms with E-state index in [0.717, 1.165) is 24.8 Å². The van der Waals surface area contributed by atoms with Crippen molar-refractivity contribution in [1.29, 1.82) is 0 Å². The summed E-state index contributed by atoms with van der Waals surface area (Å²) in [5, 5.41) is 1.20. The van der Waals surface area contributed by atoms with Gasteiger partial charge in [0.1, 0.15) is 0 Å². The van der Waals surface area contributed by atoms with Crippen LogP contribution in [0.4, 0.5) is 0 Å². The summed E-state index contributed by atoms with van der Waals surface area (Å²) in [6.07, 6.45) is 2.74. The molecule has 4 heteroatoms. The van der Waals surface area contributed by atoms with Gasteiger partial charge in [-0.1, -0.05) is 23.2 Å². The zero-order chi connectivity index (χ0) is 11.0. The van der Waals surface area contributed by atoms with E-state index in [4.69, 9.17) is 33.7 Å². The molecule has 82 valence electrons. The van der Waals surface area contributed by atoms with Gasteiger partial charge in [-0.25, -0.2) is 0 Å². The first-order valence-corrected chi connectivity index (χ1v) is 5.68.